The highest BCUT2D eigenvalue weighted by Gasteiger charge is 2.23. The maximum absolute atomic E-state index is 13.4. The standard InChI is InChI=1S/C28H26Br2ClN3O3/c1-5-36-24-12-18(21(30)14-25(24)37-16-17-8-6-7-9-22(17)31)15-32-34-26(35)20-13-19(29)10-11-23(20)33-27(34)28(2,3)4/h6-15H,5,16H2,1-4H3. The maximum Gasteiger partial charge on any atom is 0.282 e. The molecule has 0 aliphatic heterocycles. The third kappa shape index (κ3) is 6.25. The molecule has 0 aliphatic carbocycles. The lowest BCUT2D eigenvalue weighted by Gasteiger charge is -2.21. The number of halogens is 3. The lowest BCUT2D eigenvalue weighted by molar-refractivity contribution is 0.269. The Kier molecular flexibility index (Phi) is 8.41. The molecule has 0 saturated heterocycles. The normalized spacial score (nSPS) is 11.9. The van der Waals surface area contributed by atoms with E-state index < -0.39 is 5.41 Å². The van der Waals surface area contributed by atoms with Gasteiger partial charge in [-0.05, 0) is 59.3 Å². The number of nitrogens with zero attached hydrogens (tertiary/aromatic N) is 3. The second-order valence-corrected chi connectivity index (χ2v) is 11.5. The molecule has 9 heteroatoms. The Hall–Kier alpha value is -2.68. The molecule has 0 spiro atoms. The summed E-state index contributed by atoms with van der Waals surface area (Å²) >= 11 is 13.3. The van der Waals surface area contributed by atoms with Crippen LogP contribution in [-0.4, -0.2) is 22.5 Å². The van der Waals surface area contributed by atoms with Gasteiger partial charge < -0.3 is 9.47 Å². The Morgan fingerprint density at radius 2 is 1.78 bits per heavy atom. The molecule has 1 aromatic heterocycles. The van der Waals surface area contributed by atoms with Crippen LogP contribution in [0.25, 0.3) is 10.9 Å². The first-order valence-electron chi connectivity index (χ1n) is 11.7. The minimum absolute atomic E-state index is 0.242. The van der Waals surface area contributed by atoms with E-state index in [9.17, 15) is 4.79 Å². The summed E-state index contributed by atoms with van der Waals surface area (Å²) in [4.78, 5) is 18.2. The second kappa shape index (κ2) is 11.4. The fourth-order valence-electron chi connectivity index (χ4n) is 3.66. The summed E-state index contributed by atoms with van der Waals surface area (Å²) in [6, 6.07) is 16.6. The van der Waals surface area contributed by atoms with E-state index >= 15 is 0 Å². The molecule has 192 valence electrons. The zero-order valence-corrected chi connectivity index (χ0v) is 24.8. The number of rotatable bonds is 7. The Morgan fingerprint density at radius 3 is 2.49 bits per heavy atom. The van der Waals surface area contributed by atoms with Crippen molar-refractivity contribution in [2.45, 2.75) is 39.7 Å². The van der Waals surface area contributed by atoms with Gasteiger partial charge >= 0.3 is 0 Å². The third-order valence-corrected chi connectivity index (χ3v) is 7.04. The van der Waals surface area contributed by atoms with Crippen LogP contribution in [0.2, 0.25) is 5.02 Å². The Balaban J connectivity index is 1.74. The molecule has 0 aliphatic rings. The van der Waals surface area contributed by atoms with Gasteiger partial charge in [-0.2, -0.15) is 9.78 Å². The summed E-state index contributed by atoms with van der Waals surface area (Å²) in [5.41, 5.74) is 1.56. The summed E-state index contributed by atoms with van der Waals surface area (Å²) < 4.78 is 14.8. The van der Waals surface area contributed by atoms with Gasteiger partial charge in [0.2, 0.25) is 0 Å². The van der Waals surface area contributed by atoms with E-state index in [0.717, 1.165) is 20.1 Å². The maximum atomic E-state index is 13.4. The monoisotopic (exact) mass is 645 g/mol. The lowest BCUT2D eigenvalue weighted by Crippen LogP contribution is -2.29. The van der Waals surface area contributed by atoms with Crippen LogP contribution < -0.4 is 15.0 Å². The van der Waals surface area contributed by atoms with Crippen LogP contribution >= 0.6 is 43.5 Å². The molecule has 0 saturated carbocycles. The van der Waals surface area contributed by atoms with Crippen LogP contribution in [0.15, 0.2) is 73.4 Å². The van der Waals surface area contributed by atoms with Crippen LogP contribution in [0.4, 0.5) is 0 Å². The topological polar surface area (TPSA) is 65.7 Å². The van der Waals surface area contributed by atoms with Crippen molar-refractivity contribution >= 4 is 60.6 Å². The fourth-order valence-corrected chi connectivity index (χ4v) is 4.64. The van der Waals surface area contributed by atoms with Crippen molar-refractivity contribution in [1.29, 1.82) is 0 Å². The first-order chi connectivity index (χ1) is 17.6. The van der Waals surface area contributed by atoms with Crippen LogP contribution in [0, 0.1) is 0 Å². The minimum atomic E-state index is -0.415. The Morgan fingerprint density at radius 1 is 1.05 bits per heavy atom. The highest BCUT2D eigenvalue weighted by Crippen LogP contribution is 2.34. The zero-order chi connectivity index (χ0) is 26.7. The molecule has 37 heavy (non-hydrogen) atoms. The van der Waals surface area contributed by atoms with Crippen molar-refractivity contribution in [1.82, 2.24) is 9.66 Å². The van der Waals surface area contributed by atoms with E-state index in [-0.39, 0.29) is 5.56 Å². The second-order valence-electron chi connectivity index (χ2n) is 9.34. The van der Waals surface area contributed by atoms with Crippen molar-refractivity contribution < 1.29 is 9.47 Å². The summed E-state index contributed by atoms with van der Waals surface area (Å²) in [5, 5.41) is 5.70. The van der Waals surface area contributed by atoms with E-state index in [1.54, 1.807) is 12.3 Å². The average Bonchev–Trinajstić information content (AvgIpc) is 2.84. The van der Waals surface area contributed by atoms with Crippen LogP contribution in [-0.2, 0) is 12.0 Å². The predicted octanol–water partition coefficient (Wildman–Crippen LogP) is 7.73. The minimum Gasteiger partial charge on any atom is -0.490 e. The van der Waals surface area contributed by atoms with Gasteiger partial charge in [0.05, 0.1) is 23.7 Å². The lowest BCUT2D eigenvalue weighted by atomic mass is 9.95. The Labute approximate surface area is 237 Å². The number of benzene rings is 3. The molecular formula is C28H26Br2ClN3O3. The Bertz CT molecular complexity index is 1540. The van der Waals surface area contributed by atoms with E-state index in [1.807, 2.05) is 76.2 Å². The van der Waals surface area contributed by atoms with Crippen LogP contribution in [0.5, 0.6) is 11.5 Å². The molecule has 0 amide bonds. The molecule has 0 fully saturated rings. The van der Waals surface area contributed by atoms with E-state index in [2.05, 4.69) is 37.0 Å². The highest BCUT2D eigenvalue weighted by molar-refractivity contribution is 9.10. The molecular weight excluding hydrogens is 622 g/mol. The van der Waals surface area contributed by atoms with Crippen molar-refractivity contribution in [2.75, 3.05) is 6.61 Å². The molecule has 3 aromatic carbocycles. The van der Waals surface area contributed by atoms with Gasteiger partial charge in [0.1, 0.15) is 12.4 Å². The smallest absolute Gasteiger partial charge is 0.282 e. The molecule has 0 unspecified atom stereocenters. The van der Waals surface area contributed by atoms with Gasteiger partial charge in [0, 0.05) is 30.5 Å². The van der Waals surface area contributed by atoms with Gasteiger partial charge in [-0.3, -0.25) is 4.79 Å². The third-order valence-electron chi connectivity index (χ3n) is 5.50. The molecule has 0 radical (unpaired) electrons. The van der Waals surface area contributed by atoms with Crippen molar-refractivity contribution in [2.24, 2.45) is 5.10 Å². The molecule has 0 N–H and O–H groups in total. The highest BCUT2D eigenvalue weighted by atomic mass is 79.9. The first-order valence-corrected chi connectivity index (χ1v) is 13.6. The van der Waals surface area contributed by atoms with Crippen molar-refractivity contribution in [3.05, 3.63) is 95.9 Å². The quantitative estimate of drug-likeness (QED) is 0.193. The van der Waals surface area contributed by atoms with Gasteiger partial charge in [0.15, 0.2) is 11.5 Å². The largest absolute Gasteiger partial charge is 0.490 e. The van der Waals surface area contributed by atoms with Gasteiger partial charge in [-0.25, -0.2) is 4.98 Å². The average molecular weight is 648 g/mol. The van der Waals surface area contributed by atoms with Gasteiger partial charge in [-0.1, -0.05) is 66.5 Å². The summed E-state index contributed by atoms with van der Waals surface area (Å²) in [6.45, 7) is 8.65. The van der Waals surface area contributed by atoms with E-state index in [1.165, 1.54) is 4.68 Å². The number of hydrogen-bond donors (Lipinski definition) is 0. The van der Waals surface area contributed by atoms with E-state index in [4.69, 9.17) is 26.1 Å². The first kappa shape index (κ1) is 27.4. The number of hydrogen-bond acceptors (Lipinski definition) is 5. The van der Waals surface area contributed by atoms with Crippen molar-refractivity contribution in [3.63, 3.8) is 0 Å². The molecule has 6 nitrogen and oxygen atoms in total. The van der Waals surface area contributed by atoms with Crippen LogP contribution in [0.3, 0.4) is 0 Å². The summed E-state index contributed by atoms with van der Waals surface area (Å²) in [5.74, 6) is 1.68. The summed E-state index contributed by atoms with van der Waals surface area (Å²) in [6.07, 6.45) is 1.62. The SMILES string of the molecule is CCOc1cc(C=Nn2c(C(C)(C)C)nc3ccc(Br)cc3c2=O)c(Br)cc1OCc1ccccc1Cl. The zero-order valence-electron chi connectivity index (χ0n) is 20.9. The fraction of sp³-hybridized carbons (Fsp3) is 0.250. The number of fused-ring (bicyclic) bond motifs is 1. The van der Waals surface area contributed by atoms with Crippen molar-refractivity contribution in [3.8, 4) is 11.5 Å². The summed E-state index contributed by atoms with van der Waals surface area (Å²) in [7, 11) is 0. The molecule has 0 bridgehead atoms. The van der Waals surface area contributed by atoms with E-state index in [0.29, 0.717) is 46.5 Å². The molecule has 4 rings (SSSR count). The number of ether oxygens (including phenoxy) is 2. The molecule has 1 heterocycles. The van der Waals surface area contributed by atoms with Gasteiger partial charge in [0.25, 0.3) is 5.56 Å². The number of aromatic nitrogens is 2. The predicted molar refractivity (Wildman–Crippen MR) is 156 cm³/mol. The molecule has 0 atom stereocenters. The van der Waals surface area contributed by atoms with Crippen LogP contribution in [0.1, 0.15) is 44.6 Å². The van der Waals surface area contributed by atoms with Gasteiger partial charge in [-0.15, -0.1) is 0 Å². The molecule has 4 aromatic rings.